The van der Waals surface area contributed by atoms with Crippen LogP contribution < -0.4 is 5.32 Å². The van der Waals surface area contributed by atoms with Crippen LogP contribution in [0.3, 0.4) is 0 Å². The van der Waals surface area contributed by atoms with Crippen LogP contribution in [0.5, 0.6) is 0 Å². The number of carbonyl (C=O) groups is 1. The third kappa shape index (κ3) is 23.2. The molecule has 0 radical (unpaired) electrons. The summed E-state index contributed by atoms with van der Waals surface area (Å²) in [6.07, 6.45) is 25.9. The van der Waals surface area contributed by atoms with Gasteiger partial charge in [0.05, 0.1) is 25.4 Å². The summed E-state index contributed by atoms with van der Waals surface area (Å²) in [5, 5.41) is 75.3. The average Bonchev–Trinajstić information content (AvgIpc) is 3.17. The Morgan fingerprint density at radius 2 is 1.17 bits per heavy atom. The molecule has 1 rings (SSSR count). The van der Waals surface area contributed by atoms with Crippen LogP contribution in [0.15, 0.2) is 48.6 Å². The predicted molar refractivity (Wildman–Crippen MR) is 215 cm³/mol. The van der Waals surface area contributed by atoms with Gasteiger partial charge in [-0.1, -0.05) is 120 Å². The van der Waals surface area contributed by atoms with E-state index < -0.39 is 74.2 Å². The minimum Gasteiger partial charge on any atom is -0.394 e. The van der Waals surface area contributed by atoms with Gasteiger partial charge in [-0.25, -0.2) is 0 Å². The smallest absolute Gasteiger partial charge is 0.249 e. The van der Waals surface area contributed by atoms with Crippen LogP contribution in [0, 0.1) is 0 Å². The first-order valence-electron chi connectivity index (χ1n) is 21.1. The van der Waals surface area contributed by atoms with Crippen molar-refractivity contribution >= 4 is 5.91 Å². The van der Waals surface area contributed by atoms with Crippen molar-refractivity contribution in [3.8, 4) is 0 Å². The lowest BCUT2D eigenvalue weighted by Gasteiger charge is -2.40. The molecule has 54 heavy (non-hydrogen) atoms. The van der Waals surface area contributed by atoms with E-state index in [1.165, 1.54) is 44.9 Å². The zero-order chi connectivity index (χ0) is 39.8. The highest BCUT2D eigenvalue weighted by Crippen LogP contribution is 2.23. The molecule has 0 saturated carbocycles. The molecule has 8 N–H and O–H groups in total. The summed E-state index contributed by atoms with van der Waals surface area (Å²) in [6.45, 7) is 3.32. The van der Waals surface area contributed by atoms with E-state index in [4.69, 9.17) is 9.47 Å². The summed E-state index contributed by atoms with van der Waals surface area (Å²) in [5.74, 6) is -0.727. The summed E-state index contributed by atoms with van der Waals surface area (Å²) < 4.78 is 11.0. The SMILES string of the molecule is CCCCC/C=C\C=C/CCCCCCCC(O)C(=O)NC(COC1OC(CO)C(O)C(O)C1O)C(O)C(O)CCC/C=C/CC/C=C/CCCCCC. The molecule has 1 amide bonds. The fourth-order valence-corrected chi connectivity index (χ4v) is 6.27. The first-order chi connectivity index (χ1) is 26.2. The summed E-state index contributed by atoms with van der Waals surface area (Å²) in [5.41, 5.74) is 0. The Labute approximate surface area is 326 Å². The predicted octanol–water partition coefficient (Wildman–Crippen LogP) is 5.83. The maximum Gasteiger partial charge on any atom is 0.249 e. The van der Waals surface area contributed by atoms with Crippen molar-refractivity contribution in [1.29, 1.82) is 0 Å². The fraction of sp³-hybridized carbons (Fsp3) is 0.791. The van der Waals surface area contributed by atoms with Crippen LogP contribution in [0.4, 0.5) is 0 Å². The van der Waals surface area contributed by atoms with Gasteiger partial charge in [-0.2, -0.15) is 0 Å². The van der Waals surface area contributed by atoms with E-state index in [0.717, 1.165) is 57.8 Å². The molecule has 1 aliphatic heterocycles. The lowest BCUT2D eigenvalue weighted by molar-refractivity contribution is -0.303. The number of carbonyl (C=O) groups excluding carboxylic acids is 1. The number of unbranched alkanes of at least 4 members (excludes halogenated alkanes) is 14. The molecular formula is C43H77NO10. The molecule has 0 aromatic carbocycles. The minimum absolute atomic E-state index is 0.231. The first-order valence-corrected chi connectivity index (χ1v) is 21.1. The van der Waals surface area contributed by atoms with Gasteiger partial charge in [0, 0.05) is 0 Å². The van der Waals surface area contributed by atoms with Gasteiger partial charge in [-0.3, -0.25) is 4.79 Å². The van der Waals surface area contributed by atoms with Gasteiger partial charge >= 0.3 is 0 Å². The highest BCUT2D eigenvalue weighted by molar-refractivity contribution is 5.80. The van der Waals surface area contributed by atoms with Crippen molar-refractivity contribution in [2.45, 2.75) is 204 Å². The first kappa shape index (κ1) is 50.1. The van der Waals surface area contributed by atoms with Crippen molar-refractivity contribution < 1.29 is 50.0 Å². The second kappa shape index (κ2) is 33.2. The Hall–Kier alpha value is -1.93. The summed E-state index contributed by atoms with van der Waals surface area (Å²) in [4.78, 5) is 13.0. The number of allylic oxidation sites excluding steroid dienone is 8. The Morgan fingerprint density at radius 3 is 1.80 bits per heavy atom. The maximum atomic E-state index is 13.0. The fourth-order valence-electron chi connectivity index (χ4n) is 6.27. The Morgan fingerprint density at radius 1 is 0.648 bits per heavy atom. The molecule has 1 heterocycles. The number of hydrogen-bond acceptors (Lipinski definition) is 10. The molecule has 1 aliphatic rings. The normalized spacial score (nSPS) is 23.2. The molecule has 9 unspecified atom stereocenters. The van der Waals surface area contributed by atoms with Gasteiger partial charge in [-0.05, 0) is 77.0 Å². The van der Waals surface area contributed by atoms with E-state index in [9.17, 15) is 40.5 Å². The van der Waals surface area contributed by atoms with E-state index in [1.54, 1.807) is 0 Å². The van der Waals surface area contributed by atoms with Crippen LogP contribution in [-0.2, 0) is 14.3 Å². The molecule has 0 bridgehead atoms. The zero-order valence-electron chi connectivity index (χ0n) is 33.4. The van der Waals surface area contributed by atoms with Gasteiger partial charge in [0.25, 0.3) is 0 Å². The highest BCUT2D eigenvalue weighted by atomic mass is 16.7. The van der Waals surface area contributed by atoms with Gasteiger partial charge in [0.2, 0.25) is 5.91 Å². The largest absolute Gasteiger partial charge is 0.394 e. The summed E-state index contributed by atoms with van der Waals surface area (Å²) >= 11 is 0. The van der Waals surface area contributed by atoms with Crippen molar-refractivity contribution in [3.63, 3.8) is 0 Å². The number of ether oxygens (including phenoxy) is 2. The number of nitrogens with one attached hydrogen (secondary N) is 1. The second-order valence-electron chi connectivity index (χ2n) is 14.7. The van der Waals surface area contributed by atoms with E-state index in [1.807, 2.05) is 0 Å². The number of hydrogen-bond donors (Lipinski definition) is 8. The van der Waals surface area contributed by atoms with Crippen LogP contribution in [-0.4, -0.2) is 110 Å². The van der Waals surface area contributed by atoms with E-state index in [-0.39, 0.29) is 12.8 Å². The van der Waals surface area contributed by atoms with E-state index in [2.05, 4.69) is 67.8 Å². The monoisotopic (exact) mass is 768 g/mol. The van der Waals surface area contributed by atoms with Gasteiger partial charge in [0.1, 0.15) is 36.6 Å². The minimum atomic E-state index is -1.67. The van der Waals surface area contributed by atoms with Gasteiger partial charge in [0.15, 0.2) is 6.29 Å². The quantitative estimate of drug-likeness (QED) is 0.0229. The van der Waals surface area contributed by atoms with Gasteiger partial charge < -0.3 is 50.5 Å². The molecule has 0 spiro atoms. The number of rotatable bonds is 33. The van der Waals surface area contributed by atoms with Crippen molar-refractivity contribution in [2.24, 2.45) is 0 Å². The van der Waals surface area contributed by atoms with Gasteiger partial charge in [-0.15, -0.1) is 0 Å². The third-order valence-electron chi connectivity index (χ3n) is 9.86. The maximum absolute atomic E-state index is 13.0. The Balaban J connectivity index is 2.58. The molecule has 0 aromatic rings. The molecule has 9 atom stereocenters. The standard InChI is InChI=1S/C43H77NO10/c1-3-5-7-9-11-13-15-17-19-21-23-25-27-29-31-36(47)42(52)44-34(33-53-43-41(51)40(50)39(49)37(32-45)54-43)38(48)35(46)30-28-26-24-22-20-18-16-14-12-10-8-6-4-2/h11,13-17,22,24,34-41,43,45-51H,3-10,12,18-21,23,25-33H2,1-2H3,(H,44,52)/b13-11-,16-14+,17-15-,24-22+. The molecule has 1 saturated heterocycles. The summed E-state index contributed by atoms with van der Waals surface area (Å²) in [7, 11) is 0. The molecule has 11 heteroatoms. The Kier molecular flexibility index (Phi) is 30.8. The third-order valence-corrected chi connectivity index (χ3v) is 9.86. The number of aliphatic hydroxyl groups is 7. The molecule has 0 aromatic heterocycles. The highest BCUT2D eigenvalue weighted by Gasteiger charge is 2.44. The lowest BCUT2D eigenvalue weighted by Crippen LogP contribution is -2.60. The molecule has 314 valence electrons. The van der Waals surface area contributed by atoms with Crippen LogP contribution in [0.2, 0.25) is 0 Å². The van der Waals surface area contributed by atoms with E-state index >= 15 is 0 Å². The summed E-state index contributed by atoms with van der Waals surface area (Å²) in [6, 6.07) is -1.20. The molecule has 11 nitrogen and oxygen atoms in total. The topological polar surface area (TPSA) is 189 Å². The van der Waals surface area contributed by atoms with Crippen molar-refractivity contribution in [1.82, 2.24) is 5.32 Å². The zero-order valence-corrected chi connectivity index (χ0v) is 33.4. The van der Waals surface area contributed by atoms with Crippen molar-refractivity contribution in [2.75, 3.05) is 13.2 Å². The Bertz CT molecular complexity index is 1020. The molecule has 1 fully saturated rings. The van der Waals surface area contributed by atoms with Crippen molar-refractivity contribution in [3.05, 3.63) is 48.6 Å². The van der Waals surface area contributed by atoms with E-state index in [0.29, 0.717) is 19.3 Å². The average molecular weight is 768 g/mol. The molecular weight excluding hydrogens is 690 g/mol. The number of amides is 1. The molecule has 0 aliphatic carbocycles. The lowest BCUT2D eigenvalue weighted by atomic mass is 9.98. The number of aliphatic hydroxyl groups excluding tert-OH is 7. The van der Waals surface area contributed by atoms with Crippen LogP contribution in [0.25, 0.3) is 0 Å². The second-order valence-corrected chi connectivity index (χ2v) is 14.7. The van der Waals surface area contributed by atoms with Crippen LogP contribution >= 0.6 is 0 Å². The van der Waals surface area contributed by atoms with Crippen LogP contribution in [0.1, 0.15) is 149 Å².